The lowest BCUT2D eigenvalue weighted by atomic mass is 9.97. The number of piperidine rings is 1. The van der Waals surface area contributed by atoms with Crippen molar-refractivity contribution in [3.05, 3.63) is 34.6 Å². The van der Waals surface area contributed by atoms with Crippen LogP contribution in [0.5, 0.6) is 0 Å². The zero-order valence-corrected chi connectivity index (χ0v) is 10.9. The van der Waals surface area contributed by atoms with E-state index in [9.17, 15) is 14.0 Å². The fourth-order valence-corrected chi connectivity index (χ4v) is 2.29. The molecule has 0 saturated carbocycles. The van der Waals surface area contributed by atoms with Gasteiger partial charge in [-0.15, -0.1) is 0 Å². The number of aliphatic carboxylic acids is 1. The predicted molar refractivity (Wildman–Crippen MR) is 67.7 cm³/mol. The fourth-order valence-electron chi connectivity index (χ4n) is 2.17. The van der Waals surface area contributed by atoms with Crippen LogP contribution in [0.1, 0.15) is 23.2 Å². The molecule has 6 heteroatoms. The molecule has 102 valence electrons. The number of amides is 1. The lowest BCUT2D eigenvalue weighted by Gasteiger charge is -2.30. The highest BCUT2D eigenvalue weighted by molar-refractivity contribution is 6.30. The number of benzene rings is 1. The second kappa shape index (κ2) is 5.57. The number of carbonyl (C=O) groups excluding carboxylic acids is 1. The Morgan fingerprint density at radius 2 is 2.16 bits per heavy atom. The van der Waals surface area contributed by atoms with Gasteiger partial charge in [-0.05, 0) is 31.0 Å². The molecular formula is C13H13ClFNO3. The van der Waals surface area contributed by atoms with Crippen LogP contribution < -0.4 is 0 Å². The minimum absolute atomic E-state index is 0.0430. The Kier molecular flexibility index (Phi) is 4.04. The van der Waals surface area contributed by atoms with Gasteiger partial charge in [0.25, 0.3) is 5.91 Å². The van der Waals surface area contributed by atoms with Gasteiger partial charge in [-0.2, -0.15) is 0 Å². The van der Waals surface area contributed by atoms with E-state index in [0.717, 1.165) is 6.07 Å². The van der Waals surface area contributed by atoms with E-state index < -0.39 is 17.7 Å². The second-order valence-electron chi connectivity index (χ2n) is 4.56. The molecule has 1 unspecified atom stereocenters. The summed E-state index contributed by atoms with van der Waals surface area (Å²) < 4.78 is 13.3. The van der Waals surface area contributed by atoms with Crippen molar-refractivity contribution in [2.24, 2.45) is 5.92 Å². The predicted octanol–water partition coefficient (Wildman–Crippen LogP) is 2.42. The molecule has 1 aliphatic heterocycles. The molecule has 0 bridgehead atoms. The van der Waals surface area contributed by atoms with Gasteiger partial charge in [0.15, 0.2) is 0 Å². The van der Waals surface area contributed by atoms with Crippen LogP contribution in [0.2, 0.25) is 5.02 Å². The fraction of sp³-hybridized carbons (Fsp3) is 0.385. The van der Waals surface area contributed by atoms with Gasteiger partial charge in [0.05, 0.1) is 10.9 Å². The van der Waals surface area contributed by atoms with Crippen molar-refractivity contribution in [3.8, 4) is 0 Å². The van der Waals surface area contributed by atoms with Crippen molar-refractivity contribution in [2.75, 3.05) is 13.1 Å². The molecule has 1 aliphatic rings. The number of carbonyl (C=O) groups is 2. The van der Waals surface area contributed by atoms with Crippen LogP contribution in [0.25, 0.3) is 0 Å². The van der Waals surface area contributed by atoms with Gasteiger partial charge in [-0.3, -0.25) is 9.59 Å². The first-order chi connectivity index (χ1) is 8.99. The molecule has 1 amide bonds. The number of hydrogen-bond acceptors (Lipinski definition) is 2. The highest BCUT2D eigenvalue weighted by atomic mass is 35.5. The first kappa shape index (κ1) is 13.8. The second-order valence-corrected chi connectivity index (χ2v) is 4.96. The van der Waals surface area contributed by atoms with Gasteiger partial charge in [-0.1, -0.05) is 11.6 Å². The Bertz CT molecular complexity index is 521. The average Bonchev–Trinajstić information content (AvgIpc) is 2.41. The van der Waals surface area contributed by atoms with Gasteiger partial charge < -0.3 is 10.0 Å². The number of rotatable bonds is 2. The molecule has 0 aromatic heterocycles. The van der Waals surface area contributed by atoms with Crippen molar-refractivity contribution in [2.45, 2.75) is 12.8 Å². The summed E-state index contributed by atoms with van der Waals surface area (Å²) in [6.07, 6.45) is 1.20. The van der Waals surface area contributed by atoms with Crippen molar-refractivity contribution >= 4 is 23.5 Å². The van der Waals surface area contributed by atoms with Crippen molar-refractivity contribution in [1.82, 2.24) is 4.90 Å². The summed E-state index contributed by atoms with van der Waals surface area (Å²) >= 11 is 5.56. The number of halogens is 2. The zero-order chi connectivity index (χ0) is 14.0. The van der Waals surface area contributed by atoms with E-state index >= 15 is 0 Å². The van der Waals surface area contributed by atoms with Crippen LogP contribution in [0, 0.1) is 11.7 Å². The molecule has 1 N–H and O–H groups in total. The highest BCUT2D eigenvalue weighted by Gasteiger charge is 2.28. The Balaban J connectivity index is 2.14. The van der Waals surface area contributed by atoms with Crippen LogP contribution in [0.4, 0.5) is 4.39 Å². The standard InChI is InChI=1S/C13H13ClFNO3/c14-10-4-3-8(6-11(10)15)12(17)16-5-1-2-9(7-16)13(18)19/h3-4,6,9H,1-2,5,7H2,(H,18,19). The molecule has 1 atom stereocenters. The number of nitrogens with zero attached hydrogens (tertiary/aromatic N) is 1. The summed E-state index contributed by atoms with van der Waals surface area (Å²) in [5.74, 6) is -2.46. The molecule has 1 fully saturated rings. The van der Waals surface area contributed by atoms with E-state index in [2.05, 4.69) is 0 Å². The summed E-state index contributed by atoms with van der Waals surface area (Å²) in [7, 11) is 0. The third-order valence-electron chi connectivity index (χ3n) is 3.22. The maximum absolute atomic E-state index is 13.3. The summed E-state index contributed by atoms with van der Waals surface area (Å²) in [6.45, 7) is 0.658. The average molecular weight is 286 g/mol. The Labute approximate surface area is 114 Å². The number of carboxylic acids is 1. The molecule has 2 rings (SSSR count). The molecule has 0 aliphatic carbocycles. The Hall–Kier alpha value is -1.62. The minimum atomic E-state index is -0.903. The molecule has 1 heterocycles. The van der Waals surface area contributed by atoms with Gasteiger partial charge >= 0.3 is 5.97 Å². The Morgan fingerprint density at radius 3 is 2.79 bits per heavy atom. The van der Waals surface area contributed by atoms with Crippen molar-refractivity contribution in [1.29, 1.82) is 0 Å². The van der Waals surface area contributed by atoms with Gasteiger partial charge in [-0.25, -0.2) is 4.39 Å². The van der Waals surface area contributed by atoms with Crippen molar-refractivity contribution in [3.63, 3.8) is 0 Å². The third kappa shape index (κ3) is 3.04. The van der Waals surface area contributed by atoms with Crippen LogP contribution in [0.15, 0.2) is 18.2 Å². The van der Waals surface area contributed by atoms with E-state index in [1.54, 1.807) is 0 Å². The summed E-state index contributed by atoms with van der Waals surface area (Å²) in [4.78, 5) is 24.5. The van der Waals surface area contributed by atoms with E-state index in [4.69, 9.17) is 16.7 Å². The van der Waals surface area contributed by atoms with Crippen LogP contribution in [0.3, 0.4) is 0 Å². The maximum atomic E-state index is 13.3. The van der Waals surface area contributed by atoms with E-state index in [1.165, 1.54) is 17.0 Å². The van der Waals surface area contributed by atoms with Gasteiger partial charge in [0.2, 0.25) is 0 Å². The summed E-state index contributed by atoms with van der Waals surface area (Å²) in [5.41, 5.74) is 0.188. The van der Waals surface area contributed by atoms with Crippen LogP contribution in [-0.4, -0.2) is 35.0 Å². The van der Waals surface area contributed by atoms with Crippen molar-refractivity contribution < 1.29 is 19.1 Å². The van der Waals surface area contributed by atoms with Gasteiger partial charge in [0, 0.05) is 18.7 Å². The monoisotopic (exact) mass is 285 g/mol. The van der Waals surface area contributed by atoms with E-state index in [0.29, 0.717) is 19.4 Å². The topological polar surface area (TPSA) is 57.6 Å². The van der Waals surface area contributed by atoms with Gasteiger partial charge in [0.1, 0.15) is 5.82 Å². The summed E-state index contributed by atoms with van der Waals surface area (Å²) in [5, 5.41) is 8.93. The normalized spacial score (nSPS) is 19.3. The molecule has 0 spiro atoms. The Morgan fingerprint density at radius 1 is 1.42 bits per heavy atom. The smallest absolute Gasteiger partial charge is 0.308 e. The lowest BCUT2D eigenvalue weighted by molar-refractivity contribution is -0.143. The molecule has 4 nitrogen and oxygen atoms in total. The zero-order valence-electron chi connectivity index (χ0n) is 10.1. The molecule has 1 aromatic carbocycles. The van der Waals surface area contributed by atoms with Crippen LogP contribution in [-0.2, 0) is 4.79 Å². The SMILES string of the molecule is O=C(O)C1CCCN(C(=O)c2ccc(Cl)c(F)c2)C1. The first-order valence-corrected chi connectivity index (χ1v) is 6.34. The first-order valence-electron chi connectivity index (χ1n) is 5.96. The lowest BCUT2D eigenvalue weighted by Crippen LogP contribution is -2.42. The minimum Gasteiger partial charge on any atom is -0.481 e. The quantitative estimate of drug-likeness (QED) is 0.908. The largest absolute Gasteiger partial charge is 0.481 e. The highest BCUT2D eigenvalue weighted by Crippen LogP contribution is 2.21. The molecule has 1 aromatic rings. The third-order valence-corrected chi connectivity index (χ3v) is 3.53. The van der Waals surface area contributed by atoms with E-state index in [-0.39, 0.29) is 23.0 Å². The molecule has 19 heavy (non-hydrogen) atoms. The molecular weight excluding hydrogens is 273 g/mol. The molecule has 1 saturated heterocycles. The maximum Gasteiger partial charge on any atom is 0.308 e. The number of carboxylic acid groups (broad SMARTS) is 1. The van der Waals surface area contributed by atoms with Crippen LogP contribution >= 0.6 is 11.6 Å². The van der Waals surface area contributed by atoms with E-state index in [1.807, 2.05) is 0 Å². The molecule has 0 radical (unpaired) electrons. The number of hydrogen-bond donors (Lipinski definition) is 1. The number of likely N-dealkylation sites (tertiary alicyclic amines) is 1. The summed E-state index contributed by atoms with van der Waals surface area (Å²) in [6, 6.07) is 3.84.